The minimum absolute atomic E-state index is 0.0609. The molecule has 5 heteroatoms. The van der Waals surface area contributed by atoms with Gasteiger partial charge in [0.2, 0.25) is 0 Å². The number of anilines is 1. The number of nitrogens with zero attached hydrogens (tertiary/aromatic N) is 1. The van der Waals surface area contributed by atoms with Crippen molar-refractivity contribution in [2.24, 2.45) is 5.92 Å². The second-order valence-electron chi connectivity index (χ2n) is 6.44. The Labute approximate surface area is 135 Å². The zero-order valence-electron chi connectivity index (χ0n) is 13.5. The van der Waals surface area contributed by atoms with E-state index >= 15 is 0 Å². The lowest BCUT2D eigenvalue weighted by molar-refractivity contribution is 0.0697. The molecule has 0 saturated heterocycles. The van der Waals surface area contributed by atoms with Crippen LogP contribution < -0.4 is 10.5 Å². The van der Waals surface area contributed by atoms with Crippen LogP contribution in [0.1, 0.15) is 48.7 Å². The number of ether oxygens (including phenoxy) is 1. The fraction of sp³-hybridized carbons (Fsp3) is 0.444. The number of aromatic carboxylic acids is 1. The van der Waals surface area contributed by atoms with Crippen LogP contribution in [0.25, 0.3) is 10.9 Å². The first-order chi connectivity index (χ1) is 11.0. The van der Waals surface area contributed by atoms with E-state index < -0.39 is 5.97 Å². The fourth-order valence-corrected chi connectivity index (χ4v) is 3.33. The molecule has 0 bridgehead atoms. The summed E-state index contributed by atoms with van der Waals surface area (Å²) in [4.78, 5) is 15.8. The highest BCUT2D eigenvalue weighted by molar-refractivity contribution is 6.06. The summed E-state index contributed by atoms with van der Waals surface area (Å²) in [5, 5.41) is 9.99. The number of carboxylic acids is 1. The molecule has 0 atom stereocenters. The molecule has 1 aromatic heterocycles. The van der Waals surface area contributed by atoms with Crippen LogP contribution in [0.3, 0.4) is 0 Å². The lowest BCUT2D eigenvalue weighted by Crippen LogP contribution is -2.23. The van der Waals surface area contributed by atoms with Crippen molar-refractivity contribution in [1.29, 1.82) is 0 Å². The zero-order chi connectivity index (χ0) is 16.6. The predicted octanol–water partition coefficient (Wildman–Crippen LogP) is 3.78. The van der Waals surface area contributed by atoms with Crippen LogP contribution in [-0.2, 0) is 0 Å². The molecule has 1 aromatic carbocycles. The van der Waals surface area contributed by atoms with Crippen LogP contribution in [0, 0.1) is 12.8 Å². The van der Waals surface area contributed by atoms with Gasteiger partial charge in [0.25, 0.3) is 0 Å². The second-order valence-corrected chi connectivity index (χ2v) is 6.44. The van der Waals surface area contributed by atoms with Gasteiger partial charge in [-0.25, -0.2) is 4.79 Å². The van der Waals surface area contributed by atoms with E-state index in [4.69, 9.17) is 10.5 Å². The third-order valence-corrected chi connectivity index (χ3v) is 4.66. The Balaban J connectivity index is 2.03. The van der Waals surface area contributed by atoms with Gasteiger partial charge >= 0.3 is 5.97 Å². The standard InChI is InChI=1S/C18H22N2O3/c1-10-6-8-12(9-7-10)23-14-5-3-4-13-16(14)17(19)15(18(21)22)11(2)20-13/h3-5,10,12H,6-9H2,1-2H3,(H2,19,20)(H,21,22)/t10-,12+. The second kappa shape index (κ2) is 6.07. The Hall–Kier alpha value is -2.30. The molecule has 23 heavy (non-hydrogen) atoms. The summed E-state index contributed by atoms with van der Waals surface area (Å²) in [6.45, 7) is 3.92. The molecule has 1 heterocycles. The van der Waals surface area contributed by atoms with Crippen molar-refractivity contribution in [2.45, 2.75) is 45.6 Å². The lowest BCUT2D eigenvalue weighted by atomic mass is 9.89. The topological polar surface area (TPSA) is 85.4 Å². The van der Waals surface area contributed by atoms with Gasteiger partial charge in [-0.1, -0.05) is 13.0 Å². The maximum absolute atomic E-state index is 11.5. The van der Waals surface area contributed by atoms with Crippen molar-refractivity contribution in [1.82, 2.24) is 4.98 Å². The molecule has 0 radical (unpaired) electrons. The summed E-state index contributed by atoms with van der Waals surface area (Å²) in [7, 11) is 0. The number of nitrogens with two attached hydrogens (primary N) is 1. The highest BCUT2D eigenvalue weighted by Crippen LogP contribution is 2.35. The molecule has 1 aliphatic carbocycles. The number of hydrogen-bond donors (Lipinski definition) is 2. The van der Waals surface area contributed by atoms with Crippen molar-refractivity contribution < 1.29 is 14.6 Å². The Morgan fingerprint density at radius 1 is 1.30 bits per heavy atom. The third-order valence-electron chi connectivity index (χ3n) is 4.66. The maximum atomic E-state index is 11.5. The molecule has 1 aliphatic rings. The molecule has 3 rings (SSSR count). The van der Waals surface area contributed by atoms with Gasteiger partial charge < -0.3 is 15.6 Å². The van der Waals surface area contributed by atoms with Crippen LogP contribution in [0.15, 0.2) is 18.2 Å². The Kier molecular flexibility index (Phi) is 4.11. The fourth-order valence-electron chi connectivity index (χ4n) is 3.33. The lowest BCUT2D eigenvalue weighted by Gasteiger charge is -2.27. The molecule has 3 N–H and O–H groups in total. The smallest absolute Gasteiger partial charge is 0.339 e. The van der Waals surface area contributed by atoms with Crippen molar-refractivity contribution in [3.05, 3.63) is 29.5 Å². The van der Waals surface area contributed by atoms with Gasteiger partial charge in [0.15, 0.2) is 0 Å². The summed E-state index contributed by atoms with van der Waals surface area (Å²) in [6.07, 6.45) is 4.50. The first kappa shape index (κ1) is 15.6. The number of benzene rings is 1. The van der Waals surface area contributed by atoms with Gasteiger partial charge in [-0.2, -0.15) is 0 Å². The minimum atomic E-state index is -1.06. The van der Waals surface area contributed by atoms with Crippen LogP contribution >= 0.6 is 0 Å². The third kappa shape index (κ3) is 2.96. The molecule has 0 unspecified atom stereocenters. The molecule has 0 amide bonds. The largest absolute Gasteiger partial charge is 0.490 e. The average molecular weight is 314 g/mol. The van der Waals surface area contributed by atoms with Gasteiger partial charge in [0, 0.05) is 0 Å². The summed E-state index contributed by atoms with van der Waals surface area (Å²) in [5.41, 5.74) is 7.54. The quantitative estimate of drug-likeness (QED) is 0.900. The highest BCUT2D eigenvalue weighted by atomic mass is 16.5. The van der Waals surface area contributed by atoms with E-state index in [-0.39, 0.29) is 17.4 Å². The van der Waals surface area contributed by atoms with E-state index in [0.717, 1.165) is 31.6 Å². The number of rotatable bonds is 3. The first-order valence-corrected chi connectivity index (χ1v) is 8.06. The first-order valence-electron chi connectivity index (χ1n) is 8.06. The van der Waals surface area contributed by atoms with E-state index in [9.17, 15) is 9.90 Å². The number of nitrogen functional groups attached to an aromatic ring is 1. The molecular weight excluding hydrogens is 292 g/mol. The molecule has 0 spiro atoms. The number of carbonyl (C=O) groups is 1. The molecular formula is C18H22N2O3. The normalized spacial score (nSPS) is 21.3. The van der Waals surface area contributed by atoms with Crippen LogP contribution in [0.4, 0.5) is 5.69 Å². The van der Waals surface area contributed by atoms with Crippen molar-refractivity contribution in [3.8, 4) is 5.75 Å². The molecule has 2 aromatic rings. The Morgan fingerprint density at radius 3 is 2.65 bits per heavy atom. The van der Waals surface area contributed by atoms with E-state index in [1.165, 1.54) is 0 Å². The monoisotopic (exact) mass is 314 g/mol. The molecule has 5 nitrogen and oxygen atoms in total. The van der Waals surface area contributed by atoms with E-state index in [1.807, 2.05) is 18.2 Å². The van der Waals surface area contributed by atoms with Crippen molar-refractivity contribution in [2.75, 3.05) is 5.73 Å². The summed E-state index contributed by atoms with van der Waals surface area (Å²) in [5.74, 6) is 0.320. The molecule has 1 saturated carbocycles. The number of fused-ring (bicyclic) bond motifs is 1. The number of pyridine rings is 1. The number of aryl methyl sites for hydroxylation is 1. The SMILES string of the molecule is Cc1nc2cccc(O[C@H]3CC[C@@H](C)CC3)c2c(N)c1C(=O)O. The van der Waals surface area contributed by atoms with Crippen molar-refractivity contribution >= 4 is 22.6 Å². The van der Waals surface area contributed by atoms with Crippen LogP contribution in [0.2, 0.25) is 0 Å². The molecule has 0 aliphatic heterocycles. The van der Waals surface area contributed by atoms with E-state index in [0.29, 0.717) is 22.3 Å². The van der Waals surface area contributed by atoms with Crippen LogP contribution in [0.5, 0.6) is 5.75 Å². The summed E-state index contributed by atoms with van der Waals surface area (Å²) < 4.78 is 6.16. The van der Waals surface area contributed by atoms with E-state index in [1.54, 1.807) is 6.92 Å². The van der Waals surface area contributed by atoms with Gasteiger partial charge in [-0.3, -0.25) is 4.98 Å². The van der Waals surface area contributed by atoms with E-state index in [2.05, 4.69) is 11.9 Å². The molecule has 122 valence electrons. The maximum Gasteiger partial charge on any atom is 0.339 e. The number of hydrogen-bond acceptors (Lipinski definition) is 4. The number of aromatic nitrogens is 1. The average Bonchev–Trinajstić information content (AvgIpc) is 2.49. The molecule has 1 fully saturated rings. The van der Waals surface area contributed by atoms with Gasteiger partial charge in [-0.15, -0.1) is 0 Å². The number of carboxylic acid groups (broad SMARTS) is 1. The Bertz CT molecular complexity index is 750. The predicted molar refractivity (Wildman–Crippen MR) is 89.9 cm³/mol. The van der Waals surface area contributed by atoms with Crippen LogP contribution in [-0.4, -0.2) is 22.2 Å². The minimum Gasteiger partial charge on any atom is -0.490 e. The summed E-state index contributed by atoms with van der Waals surface area (Å²) >= 11 is 0. The van der Waals surface area contributed by atoms with Gasteiger partial charge in [-0.05, 0) is 50.7 Å². The Morgan fingerprint density at radius 2 is 2.00 bits per heavy atom. The van der Waals surface area contributed by atoms with Crippen molar-refractivity contribution in [3.63, 3.8) is 0 Å². The zero-order valence-corrected chi connectivity index (χ0v) is 13.5. The van der Waals surface area contributed by atoms with Gasteiger partial charge in [0.1, 0.15) is 11.3 Å². The highest BCUT2D eigenvalue weighted by Gasteiger charge is 2.23. The summed E-state index contributed by atoms with van der Waals surface area (Å²) in [6, 6.07) is 5.55. The van der Waals surface area contributed by atoms with Gasteiger partial charge in [0.05, 0.1) is 28.4 Å².